The van der Waals surface area contributed by atoms with Crippen LogP contribution in [-0.4, -0.2) is 33.8 Å². The predicted molar refractivity (Wildman–Crippen MR) is 112 cm³/mol. The molecule has 0 aliphatic carbocycles. The third-order valence-electron chi connectivity index (χ3n) is 4.87. The van der Waals surface area contributed by atoms with Gasteiger partial charge in [-0.1, -0.05) is 12.1 Å². The summed E-state index contributed by atoms with van der Waals surface area (Å²) in [6.45, 7) is 3.29. The van der Waals surface area contributed by atoms with E-state index in [9.17, 15) is 4.39 Å². The molecule has 0 aliphatic heterocycles. The van der Waals surface area contributed by atoms with Gasteiger partial charge < -0.3 is 9.15 Å². The van der Waals surface area contributed by atoms with Crippen LogP contribution < -0.4 is 4.74 Å². The predicted octanol–water partition coefficient (Wildman–Crippen LogP) is 4.62. The summed E-state index contributed by atoms with van der Waals surface area (Å²) in [7, 11) is 3.47. The third kappa shape index (κ3) is 4.26. The Kier molecular flexibility index (Phi) is 5.63. The van der Waals surface area contributed by atoms with Gasteiger partial charge in [0.15, 0.2) is 11.6 Å². The van der Waals surface area contributed by atoms with Crippen LogP contribution in [0.25, 0.3) is 17.1 Å². The summed E-state index contributed by atoms with van der Waals surface area (Å²) in [6.07, 6.45) is 3.68. The van der Waals surface area contributed by atoms with E-state index in [-0.39, 0.29) is 5.75 Å². The molecule has 4 rings (SSSR count). The van der Waals surface area contributed by atoms with Gasteiger partial charge in [0.1, 0.15) is 5.76 Å². The van der Waals surface area contributed by atoms with Crippen LogP contribution in [0.5, 0.6) is 5.75 Å². The summed E-state index contributed by atoms with van der Waals surface area (Å²) < 4.78 is 26.4. The fraction of sp³-hybridized carbons (Fsp3) is 0.217. The second kappa shape index (κ2) is 8.51. The van der Waals surface area contributed by atoms with Crippen molar-refractivity contribution < 1.29 is 13.5 Å². The number of aromatic nitrogens is 3. The van der Waals surface area contributed by atoms with E-state index in [0.29, 0.717) is 18.0 Å². The summed E-state index contributed by atoms with van der Waals surface area (Å²) in [5.41, 5.74) is 3.75. The lowest BCUT2D eigenvalue weighted by Gasteiger charge is -2.15. The van der Waals surface area contributed by atoms with Crippen LogP contribution in [0.15, 0.2) is 65.3 Å². The minimum Gasteiger partial charge on any atom is -0.494 e. The van der Waals surface area contributed by atoms with Gasteiger partial charge >= 0.3 is 0 Å². The van der Waals surface area contributed by atoms with Gasteiger partial charge in [0.2, 0.25) is 5.89 Å². The molecule has 0 saturated carbocycles. The second-order valence-electron chi connectivity index (χ2n) is 7.16. The average Bonchev–Trinajstić information content (AvgIpc) is 3.40. The molecule has 30 heavy (non-hydrogen) atoms. The lowest BCUT2D eigenvalue weighted by atomic mass is 10.2. The van der Waals surface area contributed by atoms with E-state index in [1.54, 1.807) is 18.3 Å². The normalized spacial score (nSPS) is 11.2. The first-order valence-electron chi connectivity index (χ1n) is 9.61. The molecule has 4 aromatic rings. The molecule has 154 valence electrons. The molecule has 0 radical (unpaired) electrons. The Morgan fingerprint density at radius 2 is 1.93 bits per heavy atom. The number of rotatable bonds is 7. The minimum absolute atomic E-state index is 0.167. The van der Waals surface area contributed by atoms with Crippen LogP contribution in [0.3, 0.4) is 0 Å². The van der Waals surface area contributed by atoms with E-state index < -0.39 is 5.82 Å². The lowest BCUT2D eigenvalue weighted by molar-refractivity contribution is 0.313. The van der Waals surface area contributed by atoms with Gasteiger partial charge in [-0.2, -0.15) is 5.10 Å². The number of ether oxygens (including phenoxy) is 1. The van der Waals surface area contributed by atoms with Crippen LogP contribution in [0.1, 0.15) is 17.0 Å². The van der Waals surface area contributed by atoms with E-state index in [1.807, 2.05) is 30.9 Å². The first-order valence-corrected chi connectivity index (χ1v) is 9.61. The molecule has 2 aromatic carbocycles. The Balaban J connectivity index is 1.44. The summed E-state index contributed by atoms with van der Waals surface area (Å²) in [5.74, 6) is 0.954. The number of nitrogens with zero attached hydrogens (tertiary/aromatic N) is 4. The number of hydrogen-bond donors (Lipinski definition) is 0. The molecule has 0 saturated heterocycles. The van der Waals surface area contributed by atoms with Crippen molar-refractivity contribution in [1.82, 2.24) is 19.7 Å². The Morgan fingerprint density at radius 3 is 2.63 bits per heavy atom. The molecule has 0 amide bonds. The van der Waals surface area contributed by atoms with Gasteiger partial charge in [-0.05, 0) is 55.9 Å². The molecule has 2 aromatic heterocycles. The molecule has 7 heteroatoms. The molecule has 0 unspecified atom stereocenters. The lowest BCUT2D eigenvalue weighted by Crippen LogP contribution is -2.18. The maximum atomic E-state index is 13.7. The van der Waals surface area contributed by atoms with E-state index >= 15 is 0 Å². The zero-order valence-corrected chi connectivity index (χ0v) is 17.2. The molecule has 0 spiro atoms. The van der Waals surface area contributed by atoms with Crippen molar-refractivity contribution in [2.24, 2.45) is 0 Å². The molecule has 0 N–H and O–H groups in total. The molecule has 2 heterocycles. The number of halogens is 1. The fourth-order valence-corrected chi connectivity index (χ4v) is 3.29. The molecular weight excluding hydrogens is 383 g/mol. The van der Waals surface area contributed by atoms with Crippen molar-refractivity contribution in [3.8, 4) is 22.9 Å². The first kappa shape index (κ1) is 19.8. The SMILES string of the molecule is COc1cc(-c2nc(CN(C)Cc3ccc(-n4cccn4)cc3)c(C)o2)ccc1F. The van der Waals surface area contributed by atoms with Crippen molar-refractivity contribution in [2.75, 3.05) is 14.2 Å². The van der Waals surface area contributed by atoms with Crippen LogP contribution >= 0.6 is 0 Å². The van der Waals surface area contributed by atoms with E-state index in [0.717, 1.165) is 23.7 Å². The topological polar surface area (TPSA) is 56.3 Å². The van der Waals surface area contributed by atoms with Gasteiger partial charge in [0, 0.05) is 31.0 Å². The minimum atomic E-state index is -0.414. The highest BCUT2D eigenvalue weighted by Gasteiger charge is 2.15. The number of oxazole rings is 1. The molecule has 6 nitrogen and oxygen atoms in total. The summed E-state index contributed by atoms with van der Waals surface area (Å²) >= 11 is 0. The molecule has 0 fully saturated rings. The Morgan fingerprint density at radius 1 is 1.13 bits per heavy atom. The van der Waals surface area contributed by atoms with Gasteiger partial charge in [-0.3, -0.25) is 4.90 Å². The number of hydrogen-bond acceptors (Lipinski definition) is 5. The fourth-order valence-electron chi connectivity index (χ4n) is 3.29. The smallest absolute Gasteiger partial charge is 0.226 e. The molecule has 0 aliphatic rings. The van der Waals surface area contributed by atoms with Crippen LogP contribution in [0, 0.1) is 12.7 Å². The number of aryl methyl sites for hydroxylation is 1. The zero-order chi connectivity index (χ0) is 21.1. The van der Waals surface area contributed by atoms with Crippen molar-refractivity contribution in [2.45, 2.75) is 20.0 Å². The maximum Gasteiger partial charge on any atom is 0.226 e. The molecule has 0 bridgehead atoms. The first-order chi connectivity index (χ1) is 14.5. The quantitative estimate of drug-likeness (QED) is 0.448. The highest BCUT2D eigenvalue weighted by molar-refractivity contribution is 5.56. The largest absolute Gasteiger partial charge is 0.494 e. The summed E-state index contributed by atoms with van der Waals surface area (Å²) in [6, 6.07) is 14.8. The van der Waals surface area contributed by atoms with Crippen molar-refractivity contribution in [1.29, 1.82) is 0 Å². The molecule has 0 atom stereocenters. The van der Waals surface area contributed by atoms with Gasteiger partial charge in [0.05, 0.1) is 18.5 Å². The van der Waals surface area contributed by atoms with Crippen molar-refractivity contribution in [3.63, 3.8) is 0 Å². The van der Waals surface area contributed by atoms with Crippen LogP contribution in [0.2, 0.25) is 0 Å². The van der Waals surface area contributed by atoms with Crippen LogP contribution in [-0.2, 0) is 13.1 Å². The maximum absolute atomic E-state index is 13.7. The number of benzene rings is 2. The average molecular weight is 406 g/mol. The number of methoxy groups -OCH3 is 1. The van der Waals surface area contributed by atoms with E-state index in [2.05, 4.69) is 39.2 Å². The van der Waals surface area contributed by atoms with Crippen molar-refractivity contribution in [3.05, 3.63) is 83.8 Å². The highest BCUT2D eigenvalue weighted by Crippen LogP contribution is 2.27. The van der Waals surface area contributed by atoms with Gasteiger partial charge in [-0.15, -0.1) is 0 Å². The monoisotopic (exact) mass is 406 g/mol. The Labute approximate surface area is 174 Å². The van der Waals surface area contributed by atoms with E-state index in [4.69, 9.17) is 9.15 Å². The van der Waals surface area contributed by atoms with E-state index in [1.165, 1.54) is 18.7 Å². The Hall–Kier alpha value is -3.45. The van der Waals surface area contributed by atoms with Gasteiger partial charge in [0.25, 0.3) is 0 Å². The van der Waals surface area contributed by atoms with Crippen LogP contribution in [0.4, 0.5) is 4.39 Å². The Bertz CT molecular complexity index is 1120. The highest BCUT2D eigenvalue weighted by atomic mass is 19.1. The summed E-state index contributed by atoms with van der Waals surface area (Å²) in [5, 5.41) is 4.24. The third-order valence-corrected chi connectivity index (χ3v) is 4.87. The summed E-state index contributed by atoms with van der Waals surface area (Å²) in [4.78, 5) is 6.79. The standard InChI is InChI=1S/C23H23FN4O2/c1-16-21(26-23(30-16)18-7-10-20(24)22(13-18)29-3)15-27(2)14-17-5-8-19(9-6-17)28-12-4-11-25-28/h4-13H,14-15H2,1-3H3. The molecular formula is C23H23FN4O2. The van der Waals surface area contributed by atoms with Crippen molar-refractivity contribution >= 4 is 0 Å². The second-order valence-corrected chi connectivity index (χ2v) is 7.16. The van der Waals surface area contributed by atoms with Gasteiger partial charge in [-0.25, -0.2) is 14.1 Å². The zero-order valence-electron chi connectivity index (χ0n) is 17.2.